The highest BCUT2D eigenvalue weighted by Gasteiger charge is 2.03. The van der Waals surface area contributed by atoms with Crippen LogP contribution in [0.15, 0.2) is 47.8 Å². The van der Waals surface area contributed by atoms with E-state index in [1.807, 2.05) is 35.7 Å². The van der Waals surface area contributed by atoms with Crippen LogP contribution in [0.1, 0.15) is 15.2 Å². The first-order valence-corrected chi connectivity index (χ1v) is 5.74. The largest absolute Gasteiger partial charge is 0.274 e. The van der Waals surface area contributed by atoms with Gasteiger partial charge < -0.3 is 0 Å². The van der Waals surface area contributed by atoms with E-state index in [2.05, 4.69) is 5.48 Å². The lowest BCUT2D eigenvalue weighted by atomic mass is 10.2. The molecule has 0 aliphatic carbocycles. The third-order valence-corrected chi connectivity index (χ3v) is 2.85. The fourth-order valence-corrected chi connectivity index (χ4v) is 1.83. The molecule has 1 heterocycles. The van der Waals surface area contributed by atoms with E-state index in [1.165, 1.54) is 0 Å². The predicted octanol–water partition coefficient (Wildman–Crippen LogP) is 2.61. The third-order valence-electron chi connectivity index (χ3n) is 2.00. The quantitative estimate of drug-likeness (QED) is 0.824. The Kier molecular flexibility index (Phi) is 3.69. The monoisotopic (exact) mass is 233 g/mol. The molecular weight excluding hydrogens is 222 g/mol. The maximum Gasteiger partial charge on any atom is 0.274 e. The Morgan fingerprint density at radius 2 is 2.00 bits per heavy atom. The van der Waals surface area contributed by atoms with Gasteiger partial charge in [-0.05, 0) is 23.6 Å². The van der Waals surface area contributed by atoms with E-state index in [-0.39, 0.29) is 5.91 Å². The van der Waals surface area contributed by atoms with Crippen molar-refractivity contribution in [1.82, 2.24) is 5.48 Å². The molecule has 3 nitrogen and oxygen atoms in total. The molecule has 16 heavy (non-hydrogen) atoms. The van der Waals surface area contributed by atoms with E-state index >= 15 is 0 Å². The summed E-state index contributed by atoms with van der Waals surface area (Å²) < 4.78 is 0. The molecule has 0 saturated carbocycles. The molecule has 0 fully saturated rings. The van der Waals surface area contributed by atoms with Crippen LogP contribution < -0.4 is 5.48 Å². The molecule has 0 unspecified atom stereocenters. The number of hydrogen-bond donors (Lipinski definition) is 1. The highest BCUT2D eigenvalue weighted by molar-refractivity contribution is 7.09. The Labute approximate surface area is 97.6 Å². The molecule has 1 N–H and O–H groups in total. The van der Waals surface area contributed by atoms with Gasteiger partial charge in [-0.1, -0.05) is 24.3 Å². The lowest BCUT2D eigenvalue weighted by Gasteiger charge is -2.04. The summed E-state index contributed by atoms with van der Waals surface area (Å²) in [4.78, 5) is 17.7. The van der Waals surface area contributed by atoms with Gasteiger partial charge in [0.1, 0.15) is 6.61 Å². The SMILES string of the molecule is O=C(NOCc1cccs1)c1ccccc1. The van der Waals surface area contributed by atoms with Gasteiger partial charge in [0.15, 0.2) is 0 Å². The second-order valence-corrected chi connectivity index (χ2v) is 4.20. The van der Waals surface area contributed by atoms with Crippen molar-refractivity contribution >= 4 is 17.2 Å². The first-order chi connectivity index (χ1) is 7.86. The molecule has 0 bridgehead atoms. The number of hydroxylamine groups is 1. The zero-order chi connectivity index (χ0) is 11.2. The Morgan fingerprint density at radius 3 is 2.69 bits per heavy atom. The molecular formula is C12H11NO2S. The van der Waals surface area contributed by atoms with Crippen molar-refractivity contribution < 1.29 is 9.63 Å². The van der Waals surface area contributed by atoms with Gasteiger partial charge in [0.05, 0.1) is 0 Å². The van der Waals surface area contributed by atoms with Gasteiger partial charge in [0.25, 0.3) is 5.91 Å². The lowest BCUT2D eigenvalue weighted by molar-refractivity contribution is 0.0243. The zero-order valence-electron chi connectivity index (χ0n) is 8.55. The number of benzene rings is 1. The third kappa shape index (κ3) is 2.92. The molecule has 0 atom stereocenters. The minimum atomic E-state index is -0.225. The van der Waals surface area contributed by atoms with Crippen molar-refractivity contribution in [2.45, 2.75) is 6.61 Å². The highest BCUT2D eigenvalue weighted by atomic mass is 32.1. The van der Waals surface area contributed by atoms with E-state index in [4.69, 9.17) is 4.84 Å². The van der Waals surface area contributed by atoms with Crippen molar-refractivity contribution in [2.75, 3.05) is 0 Å². The fraction of sp³-hybridized carbons (Fsp3) is 0.0833. The summed E-state index contributed by atoms with van der Waals surface area (Å²) in [5.41, 5.74) is 3.00. The van der Waals surface area contributed by atoms with Crippen LogP contribution in [-0.2, 0) is 11.4 Å². The molecule has 0 aliphatic rings. The average Bonchev–Trinajstić information content (AvgIpc) is 2.83. The summed E-state index contributed by atoms with van der Waals surface area (Å²) in [5, 5.41) is 1.97. The van der Waals surface area contributed by atoms with Gasteiger partial charge in [-0.2, -0.15) is 0 Å². The van der Waals surface area contributed by atoms with Crippen LogP contribution in [0.4, 0.5) is 0 Å². The summed E-state index contributed by atoms with van der Waals surface area (Å²) in [7, 11) is 0. The number of carbonyl (C=O) groups is 1. The van der Waals surface area contributed by atoms with E-state index in [0.717, 1.165) is 4.88 Å². The van der Waals surface area contributed by atoms with E-state index in [1.54, 1.807) is 23.5 Å². The predicted molar refractivity (Wildman–Crippen MR) is 63.0 cm³/mol. The van der Waals surface area contributed by atoms with Crippen LogP contribution in [0.25, 0.3) is 0 Å². The first-order valence-electron chi connectivity index (χ1n) is 4.86. The number of thiophene rings is 1. The van der Waals surface area contributed by atoms with Gasteiger partial charge in [-0.15, -0.1) is 11.3 Å². The molecule has 1 aromatic carbocycles. The minimum Gasteiger partial charge on any atom is -0.268 e. The molecule has 0 radical (unpaired) electrons. The van der Waals surface area contributed by atoms with Crippen molar-refractivity contribution in [2.24, 2.45) is 0 Å². The molecule has 2 aromatic rings. The number of carbonyl (C=O) groups excluding carboxylic acids is 1. The summed E-state index contributed by atoms with van der Waals surface area (Å²) in [6.07, 6.45) is 0. The maximum absolute atomic E-state index is 11.5. The summed E-state index contributed by atoms with van der Waals surface area (Å²) >= 11 is 1.59. The highest BCUT2D eigenvalue weighted by Crippen LogP contribution is 2.08. The Hall–Kier alpha value is -1.65. The second kappa shape index (κ2) is 5.44. The van der Waals surface area contributed by atoms with Gasteiger partial charge in [0.2, 0.25) is 0 Å². The van der Waals surface area contributed by atoms with Gasteiger partial charge >= 0.3 is 0 Å². The molecule has 4 heteroatoms. The zero-order valence-corrected chi connectivity index (χ0v) is 9.37. The molecule has 1 amide bonds. The van der Waals surface area contributed by atoms with Crippen molar-refractivity contribution in [3.8, 4) is 0 Å². The Balaban J connectivity index is 1.81. The van der Waals surface area contributed by atoms with Crippen LogP contribution in [0.5, 0.6) is 0 Å². The molecule has 1 aromatic heterocycles. The molecule has 0 saturated heterocycles. The smallest absolute Gasteiger partial charge is 0.268 e. The van der Waals surface area contributed by atoms with Crippen molar-refractivity contribution in [1.29, 1.82) is 0 Å². The topological polar surface area (TPSA) is 38.3 Å². The maximum atomic E-state index is 11.5. The summed E-state index contributed by atoms with van der Waals surface area (Å²) in [6, 6.07) is 12.9. The number of rotatable bonds is 4. The molecule has 2 rings (SSSR count). The first kappa shape index (κ1) is 10.9. The van der Waals surface area contributed by atoms with Crippen LogP contribution in [-0.4, -0.2) is 5.91 Å². The van der Waals surface area contributed by atoms with Crippen LogP contribution in [0.2, 0.25) is 0 Å². The van der Waals surface area contributed by atoms with E-state index in [9.17, 15) is 4.79 Å². The van der Waals surface area contributed by atoms with Crippen LogP contribution in [0.3, 0.4) is 0 Å². The molecule has 82 valence electrons. The summed E-state index contributed by atoms with van der Waals surface area (Å²) in [5.74, 6) is -0.225. The molecule has 0 aliphatic heterocycles. The van der Waals surface area contributed by atoms with Crippen molar-refractivity contribution in [3.05, 3.63) is 58.3 Å². The number of hydrogen-bond acceptors (Lipinski definition) is 3. The fourth-order valence-electron chi connectivity index (χ4n) is 1.22. The minimum absolute atomic E-state index is 0.225. The molecule has 0 spiro atoms. The van der Waals surface area contributed by atoms with Gasteiger partial charge in [-0.3, -0.25) is 9.63 Å². The van der Waals surface area contributed by atoms with Crippen molar-refractivity contribution in [3.63, 3.8) is 0 Å². The normalized spacial score (nSPS) is 10.0. The average molecular weight is 233 g/mol. The Bertz CT molecular complexity index is 439. The lowest BCUT2D eigenvalue weighted by Crippen LogP contribution is -2.23. The second-order valence-electron chi connectivity index (χ2n) is 3.17. The number of amides is 1. The van der Waals surface area contributed by atoms with Crippen LogP contribution in [0, 0.1) is 0 Å². The number of nitrogens with one attached hydrogen (secondary N) is 1. The van der Waals surface area contributed by atoms with E-state index < -0.39 is 0 Å². The van der Waals surface area contributed by atoms with Gasteiger partial charge in [-0.25, -0.2) is 5.48 Å². The van der Waals surface area contributed by atoms with E-state index in [0.29, 0.717) is 12.2 Å². The Morgan fingerprint density at radius 1 is 1.19 bits per heavy atom. The van der Waals surface area contributed by atoms with Gasteiger partial charge in [0, 0.05) is 10.4 Å². The summed E-state index contributed by atoms with van der Waals surface area (Å²) in [6.45, 7) is 0.399. The standard InChI is InChI=1S/C12H11NO2S/c14-12(10-5-2-1-3-6-10)13-15-9-11-7-4-8-16-11/h1-8H,9H2,(H,13,14). The van der Waals surface area contributed by atoms with Crippen LogP contribution >= 0.6 is 11.3 Å².